The highest BCUT2D eigenvalue weighted by molar-refractivity contribution is 5.92. The third-order valence-corrected chi connectivity index (χ3v) is 11.4. The minimum atomic E-state index is -1.10. The van der Waals surface area contributed by atoms with Gasteiger partial charge in [0, 0.05) is 37.3 Å². The van der Waals surface area contributed by atoms with Crippen LogP contribution in [0.25, 0.3) is 0 Å². The molecule has 0 saturated carbocycles. The average molecular weight is 688 g/mol. The van der Waals surface area contributed by atoms with Crippen molar-refractivity contribution in [2.75, 3.05) is 27.8 Å². The van der Waals surface area contributed by atoms with Gasteiger partial charge in [-0.05, 0) is 60.5 Å². The van der Waals surface area contributed by atoms with Gasteiger partial charge in [0.15, 0.2) is 24.0 Å². The summed E-state index contributed by atoms with van der Waals surface area (Å²) in [6.45, 7) is 14.6. The van der Waals surface area contributed by atoms with Gasteiger partial charge >= 0.3 is 5.97 Å². The van der Waals surface area contributed by atoms with Crippen LogP contribution < -0.4 is 0 Å². The van der Waals surface area contributed by atoms with Crippen LogP contribution in [0.3, 0.4) is 0 Å². The third kappa shape index (κ3) is 8.43. The van der Waals surface area contributed by atoms with Gasteiger partial charge in [0.2, 0.25) is 0 Å². The van der Waals surface area contributed by atoms with Gasteiger partial charge in [0.05, 0.1) is 49.1 Å². The number of methoxy groups -OCH3 is 1. The van der Waals surface area contributed by atoms with Gasteiger partial charge in [-0.2, -0.15) is 0 Å². The van der Waals surface area contributed by atoms with Crippen molar-refractivity contribution < 1.29 is 58.1 Å². The highest BCUT2D eigenvalue weighted by atomic mass is 16.7. The van der Waals surface area contributed by atoms with E-state index in [9.17, 15) is 24.9 Å². The van der Waals surface area contributed by atoms with Crippen LogP contribution in [0.1, 0.15) is 74.7 Å². The van der Waals surface area contributed by atoms with E-state index < -0.39 is 96.7 Å². The van der Waals surface area contributed by atoms with Crippen molar-refractivity contribution in [1.29, 1.82) is 0 Å². The number of nitrogens with zero attached hydrogens (tertiary/aromatic N) is 1. The summed E-state index contributed by atoms with van der Waals surface area (Å²) in [4.78, 5) is 29.7. The molecule has 4 rings (SSSR count). The maximum absolute atomic E-state index is 13.9. The van der Waals surface area contributed by atoms with E-state index in [0.717, 1.165) is 0 Å². The van der Waals surface area contributed by atoms with E-state index in [-0.39, 0.29) is 43.3 Å². The maximum atomic E-state index is 13.9. The van der Waals surface area contributed by atoms with Crippen molar-refractivity contribution in [1.82, 2.24) is 4.90 Å². The van der Waals surface area contributed by atoms with Crippen molar-refractivity contribution >= 4 is 11.8 Å². The number of epoxide rings is 1. The summed E-state index contributed by atoms with van der Waals surface area (Å²) in [6, 6.07) is -0.219. The maximum Gasteiger partial charge on any atom is 0.311 e. The molecule has 0 aromatic rings. The second kappa shape index (κ2) is 16.0. The lowest BCUT2D eigenvalue weighted by Crippen LogP contribution is -2.57. The minimum absolute atomic E-state index is 0.198. The van der Waals surface area contributed by atoms with Crippen molar-refractivity contribution in [3.63, 3.8) is 0 Å². The van der Waals surface area contributed by atoms with Crippen LogP contribution >= 0.6 is 0 Å². The summed E-state index contributed by atoms with van der Waals surface area (Å²) in [5.74, 6) is -3.74. The zero-order valence-corrected chi connectivity index (χ0v) is 30.6. The van der Waals surface area contributed by atoms with Crippen LogP contribution in [-0.2, 0) is 42.7 Å². The number of Topliss-reactive ketones (excluding diaryl/α,β-unsaturated/α-hetero) is 1. The van der Waals surface area contributed by atoms with Crippen molar-refractivity contribution in [2.24, 2.45) is 29.6 Å². The van der Waals surface area contributed by atoms with E-state index in [2.05, 4.69) is 0 Å². The molecule has 4 aliphatic heterocycles. The normalized spacial score (nSPS) is 49.9. The summed E-state index contributed by atoms with van der Waals surface area (Å²) < 4.78 is 43.0. The number of rotatable bonds is 6. The molecule has 1 spiro atoms. The van der Waals surface area contributed by atoms with Crippen LogP contribution in [0.2, 0.25) is 0 Å². The smallest absolute Gasteiger partial charge is 0.311 e. The zero-order valence-electron chi connectivity index (χ0n) is 30.6. The van der Waals surface area contributed by atoms with E-state index in [4.69, 9.17) is 33.2 Å². The van der Waals surface area contributed by atoms with Gasteiger partial charge in [-0.25, -0.2) is 0 Å². The highest BCUT2D eigenvalue weighted by Crippen LogP contribution is 2.43. The lowest BCUT2D eigenvalue weighted by molar-refractivity contribution is -0.299. The number of carbonyl (C=O) groups excluding carboxylic acids is 2. The SMILES string of the molecule is COC1C[C@H](OC2C(C)C(=O)OC(C)[C@H](C)[C@H](O)[C@@H](C)C(=O)[C@]3(CO3)CC(C)[C@H](OC3OC(C)CC(N(C)C)[C@H]3O)C2C)OC(C)[C@@H]1O. The Balaban J connectivity index is 1.75. The van der Waals surface area contributed by atoms with Gasteiger partial charge in [-0.3, -0.25) is 9.59 Å². The standard InChI is InChI=1S/C35H61NO12/c1-16-14-35(15-43-35)32(40)19(4)27(37)18(3)22(7)46-33(41)21(6)31(47-26-13-25(42-11)28(38)23(8)45-26)20(5)30(16)48-34-29(39)24(36(9)10)12-17(2)44-34/h16-31,34,37-39H,12-15H2,1-11H3/t16?,17?,18-,19+,20?,21?,22?,23?,24?,25?,26-,27-,28-,29+,30-,31?,34?,35+/m0/s1. The first-order valence-corrected chi connectivity index (χ1v) is 17.7. The fraction of sp³-hybridized carbons (Fsp3) is 0.943. The summed E-state index contributed by atoms with van der Waals surface area (Å²) in [7, 11) is 5.32. The first-order chi connectivity index (χ1) is 22.4. The number of hydrogen-bond acceptors (Lipinski definition) is 13. The summed E-state index contributed by atoms with van der Waals surface area (Å²) >= 11 is 0. The summed E-state index contributed by atoms with van der Waals surface area (Å²) in [6.07, 6.45) is -7.15. The fourth-order valence-electron chi connectivity index (χ4n) is 7.89. The summed E-state index contributed by atoms with van der Waals surface area (Å²) in [5, 5.41) is 33.3. The van der Waals surface area contributed by atoms with E-state index in [1.54, 1.807) is 34.6 Å². The molecule has 0 aromatic carbocycles. The Kier molecular flexibility index (Phi) is 13.1. The molecule has 4 saturated heterocycles. The first kappa shape index (κ1) is 39.5. The second-order valence-electron chi connectivity index (χ2n) is 15.3. The van der Waals surface area contributed by atoms with Crippen molar-refractivity contribution in [3.05, 3.63) is 0 Å². The third-order valence-electron chi connectivity index (χ3n) is 11.4. The molecule has 4 aliphatic rings. The molecular formula is C35H61NO12. The zero-order chi connectivity index (χ0) is 35.8. The Labute approximate surface area is 285 Å². The quantitative estimate of drug-likeness (QED) is 0.274. The molecule has 10 unspecified atom stereocenters. The molecule has 4 fully saturated rings. The molecule has 18 atom stereocenters. The van der Waals surface area contributed by atoms with Crippen molar-refractivity contribution in [3.8, 4) is 0 Å². The van der Waals surface area contributed by atoms with Gasteiger partial charge in [0.1, 0.15) is 18.3 Å². The number of ether oxygens (including phenoxy) is 7. The predicted octanol–water partition coefficient (Wildman–Crippen LogP) is 1.91. The first-order valence-electron chi connectivity index (χ1n) is 17.7. The van der Waals surface area contributed by atoms with Crippen LogP contribution in [0, 0.1) is 29.6 Å². The van der Waals surface area contributed by atoms with Crippen LogP contribution in [0.15, 0.2) is 0 Å². The molecule has 13 heteroatoms. The molecule has 48 heavy (non-hydrogen) atoms. The second-order valence-corrected chi connectivity index (χ2v) is 15.3. The molecule has 278 valence electrons. The van der Waals surface area contributed by atoms with Gasteiger partial charge in [-0.15, -0.1) is 0 Å². The largest absolute Gasteiger partial charge is 0.462 e. The van der Waals surface area contributed by atoms with Crippen LogP contribution in [0.4, 0.5) is 0 Å². The topological polar surface area (TPSA) is 166 Å². The number of aliphatic hydroxyl groups excluding tert-OH is 3. The van der Waals surface area contributed by atoms with Gasteiger partial charge < -0.3 is 53.4 Å². The van der Waals surface area contributed by atoms with Crippen molar-refractivity contribution in [2.45, 2.75) is 154 Å². The number of carbonyl (C=O) groups is 2. The number of hydrogen-bond donors (Lipinski definition) is 3. The number of ketones is 1. The number of esters is 1. The van der Waals surface area contributed by atoms with E-state index in [1.165, 1.54) is 7.11 Å². The monoisotopic (exact) mass is 687 g/mol. The molecule has 0 bridgehead atoms. The molecular weight excluding hydrogens is 626 g/mol. The molecule has 0 amide bonds. The molecule has 13 nitrogen and oxygen atoms in total. The molecule has 0 aromatic heterocycles. The Hall–Kier alpha value is -1.26. The number of cyclic esters (lactones) is 1. The van der Waals surface area contributed by atoms with Gasteiger partial charge in [0.25, 0.3) is 0 Å². The van der Waals surface area contributed by atoms with Crippen LogP contribution in [-0.4, -0.2) is 139 Å². The van der Waals surface area contributed by atoms with E-state index in [1.807, 2.05) is 39.8 Å². The molecule has 4 heterocycles. The molecule has 0 aliphatic carbocycles. The summed E-state index contributed by atoms with van der Waals surface area (Å²) in [5.41, 5.74) is -1.10. The minimum Gasteiger partial charge on any atom is -0.462 e. The predicted molar refractivity (Wildman–Crippen MR) is 174 cm³/mol. The molecule has 0 radical (unpaired) electrons. The van der Waals surface area contributed by atoms with Gasteiger partial charge in [-0.1, -0.05) is 27.7 Å². The Morgan fingerprint density at radius 1 is 0.792 bits per heavy atom. The fourth-order valence-corrected chi connectivity index (χ4v) is 7.89. The Bertz CT molecular complexity index is 1090. The number of likely N-dealkylation sites (N-methyl/N-ethyl adjacent to an activating group) is 1. The lowest BCUT2D eigenvalue weighted by Gasteiger charge is -2.46. The molecule has 3 N–H and O–H groups in total. The Morgan fingerprint density at radius 3 is 2.02 bits per heavy atom. The van der Waals surface area contributed by atoms with E-state index in [0.29, 0.717) is 6.42 Å². The highest BCUT2D eigenvalue weighted by Gasteiger charge is 2.57. The lowest BCUT2D eigenvalue weighted by atomic mass is 9.76. The average Bonchev–Trinajstić information content (AvgIpc) is 3.82. The Morgan fingerprint density at radius 2 is 1.44 bits per heavy atom. The van der Waals surface area contributed by atoms with Crippen LogP contribution in [0.5, 0.6) is 0 Å². The van der Waals surface area contributed by atoms with E-state index >= 15 is 0 Å². The number of aliphatic hydroxyl groups is 3.